The van der Waals surface area contributed by atoms with Crippen molar-refractivity contribution in [1.82, 2.24) is 0 Å². The van der Waals surface area contributed by atoms with E-state index in [2.05, 4.69) is 24.8 Å². The maximum atomic E-state index is 12.2. The quantitative estimate of drug-likeness (QED) is 0.660. The fourth-order valence-corrected chi connectivity index (χ4v) is 2.78. The fraction of sp³-hybridized carbons (Fsp3) is 0.235. The van der Waals surface area contributed by atoms with Gasteiger partial charge in [-0.1, -0.05) is 24.3 Å². The zero-order valence-electron chi connectivity index (χ0n) is 11.1. The number of aryl methyl sites for hydroxylation is 1. The molecule has 1 unspecified atom stereocenters. The molecule has 3 heteroatoms. The van der Waals surface area contributed by atoms with E-state index in [0.29, 0.717) is 5.56 Å². The Balaban J connectivity index is 1.79. The van der Waals surface area contributed by atoms with Gasteiger partial charge in [0.1, 0.15) is 6.10 Å². The average molecular weight is 284 g/mol. The van der Waals surface area contributed by atoms with Gasteiger partial charge in [-0.15, -0.1) is 12.6 Å². The molecule has 0 bridgehead atoms. The van der Waals surface area contributed by atoms with E-state index >= 15 is 0 Å². The van der Waals surface area contributed by atoms with Crippen LogP contribution in [0, 0.1) is 0 Å². The van der Waals surface area contributed by atoms with Crippen molar-refractivity contribution < 1.29 is 9.53 Å². The number of rotatable bonds is 2. The van der Waals surface area contributed by atoms with Gasteiger partial charge in [0.2, 0.25) is 0 Å². The van der Waals surface area contributed by atoms with Crippen LogP contribution in [-0.2, 0) is 11.2 Å². The molecular weight excluding hydrogens is 268 g/mol. The first-order valence-electron chi connectivity index (χ1n) is 6.82. The minimum atomic E-state index is -0.264. The molecule has 1 atom stereocenters. The Morgan fingerprint density at radius 1 is 1.10 bits per heavy atom. The van der Waals surface area contributed by atoms with E-state index in [1.54, 1.807) is 24.3 Å². The highest BCUT2D eigenvalue weighted by atomic mass is 32.1. The Bertz CT molecular complexity index is 619. The highest BCUT2D eigenvalue weighted by molar-refractivity contribution is 7.80. The number of carbonyl (C=O) groups is 1. The minimum absolute atomic E-state index is 0.122. The smallest absolute Gasteiger partial charge is 0.338 e. The minimum Gasteiger partial charge on any atom is -0.454 e. The molecular formula is C17H16O2S. The summed E-state index contributed by atoms with van der Waals surface area (Å²) in [6.45, 7) is 0. The molecule has 0 aliphatic heterocycles. The summed E-state index contributed by atoms with van der Waals surface area (Å²) in [5, 5.41) is 0. The predicted molar refractivity (Wildman–Crippen MR) is 81.2 cm³/mol. The fourth-order valence-electron chi connectivity index (χ4n) is 2.63. The number of ether oxygens (including phenoxy) is 1. The molecule has 0 radical (unpaired) electrons. The number of hydrogen-bond donors (Lipinski definition) is 1. The van der Waals surface area contributed by atoms with Crippen LogP contribution in [0.2, 0.25) is 0 Å². The highest BCUT2D eigenvalue weighted by Gasteiger charge is 2.23. The van der Waals surface area contributed by atoms with Crippen molar-refractivity contribution in [2.75, 3.05) is 0 Å². The van der Waals surface area contributed by atoms with Crippen LogP contribution in [0.15, 0.2) is 53.4 Å². The monoisotopic (exact) mass is 284 g/mol. The standard InChI is InChI=1S/C17H16O2S/c18-17(13-8-10-14(20)11-9-13)19-16-7-3-5-12-4-1-2-6-15(12)16/h1-2,4,6,8-11,16,20H,3,5,7H2. The molecule has 0 N–H and O–H groups in total. The first-order valence-corrected chi connectivity index (χ1v) is 7.26. The summed E-state index contributed by atoms with van der Waals surface area (Å²) in [5.74, 6) is -0.264. The van der Waals surface area contributed by atoms with Crippen molar-refractivity contribution in [1.29, 1.82) is 0 Å². The van der Waals surface area contributed by atoms with E-state index in [1.807, 2.05) is 12.1 Å². The van der Waals surface area contributed by atoms with Gasteiger partial charge < -0.3 is 4.74 Å². The Kier molecular flexibility index (Phi) is 3.79. The summed E-state index contributed by atoms with van der Waals surface area (Å²) >= 11 is 4.22. The first-order chi connectivity index (χ1) is 9.74. The van der Waals surface area contributed by atoms with Crippen LogP contribution in [-0.4, -0.2) is 5.97 Å². The van der Waals surface area contributed by atoms with E-state index < -0.39 is 0 Å². The third-order valence-corrected chi connectivity index (χ3v) is 3.96. The van der Waals surface area contributed by atoms with Gasteiger partial charge in [0.25, 0.3) is 0 Å². The van der Waals surface area contributed by atoms with Crippen molar-refractivity contribution in [2.45, 2.75) is 30.3 Å². The summed E-state index contributed by atoms with van der Waals surface area (Å²) in [5.41, 5.74) is 3.02. The topological polar surface area (TPSA) is 26.3 Å². The maximum absolute atomic E-state index is 12.2. The van der Waals surface area contributed by atoms with Crippen molar-refractivity contribution in [3.05, 3.63) is 65.2 Å². The normalized spacial score (nSPS) is 17.4. The van der Waals surface area contributed by atoms with Crippen molar-refractivity contribution >= 4 is 18.6 Å². The summed E-state index contributed by atoms with van der Waals surface area (Å²) in [4.78, 5) is 13.0. The molecule has 0 spiro atoms. The van der Waals surface area contributed by atoms with Gasteiger partial charge in [0.15, 0.2) is 0 Å². The predicted octanol–water partition coefficient (Wildman–Crippen LogP) is 4.21. The molecule has 1 aliphatic carbocycles. The summed E-state index contributed by atoms with van der Waals surface area (Å²) in [6, 6.07) is 15.3. The molecule has 102 valence electrons. The number of thiol groups is 1. The molecule has 0 saturated heterocycles. The number of benzene rings is 2. The van der Waals surface area contributed by atoms with Gasteiger partial charge in [-0.25, -0.2) is 4.79 Å². The highest BCUT2D eigenvalue weighted by Crippen LogP contribution is 2.32. The van der Waals surface area contributed by atoms with Gasteiger partial charge in [-0.2, -0.15) is 0 Å². The van der Waals surface area contributed by atoms with E-state index in [4.69, 9.17) is 4.74 Å². The van der Waals surface area contributed by atoms with Crippen LogP contribution in [0.5, 0.6) is 0 Å². The molecule has 20 heavy (non-hydrogen) atoms. The Labute approximate surface area is 124 Å². The van der Waals surface area contributed by atoms with E-state index in [0.717, 1.165) is 29.7 Å². The summed E-state index contributed by atoms with van der Waals surface area (Å²) in [6.07, 6.45) is 2.90. The van der Waals surface area contributed by atoms with Crippen LogP contribution >= 0.6 is 12.6 Å². The summed E-state index contributed by atoms with van der Waals surface area (Å²) < 4.78 is 5.68. The number of hydrogen-bond acceptors (Lipinski definition) is 3. The SMILES string of the molecule is O=C(OC1CCCc2ccccc21)c1ccc(S)cc1. The molecule has 0 heterocycles. The summed E-state index contributed by atoms with van der Waals surface area (Å²) in [7, 11) is 0. The molecule has 2 nitrogen and oxygen atoms in total. The van der Waals surface area contributed by atoms with Crippen molar-refractivity contribution in [3.8, 4) is 0 Å². The number of carbonyl (C=O) groups excluding carboxylic acids is 1. The second-order valence-electron chi connectivity index (χ2n) is 5.03. The Morgan fingerprint density at radius 3 is 2.65 bits per heavy atom. The van der Waals surface area contributed by atoms with Crippen LogP contribution in [0.3, 0.4) is 0 Å². The molecule has 2 aromatic rings. The molecule has 2 aromatic carbocycles. The third kappa shape index (κ3) is 2.73. The van der Waals surface area contributed by atoms with Crippen LogP contribution < -0.4 is 0 Å². The zero-order valence-corrected chi connectivity index (χ0v) is 12.0. The number of fused-ring (bicyclic) bond motifs is 1. The first kappa shape index (κ1) is 13.3. The molecule has 1 aliphatic rings. The van der Waals surface area contributed by atoms with Gasteiger partial charge in [-0.3, -0.25) is 0 Å². The molecule has 0 fully saturated rings. The lowest BCUT2D eigenvalue weighted by atomic mass is 9.89. The van der Waals surface area contributed by atoms with Gasteiger partial charge in [0.05, 0.1) is 5.56 Å². The van der Waals surface area contributed by atoms with Crippen molar-refractivity contribution in [3.63, 3.8) is 0 Å². The largest absolute Gasteiger partial charge is 0.454 e. The second kappa shape index (κ2) is 5.71. The zero-order chi connectivity index (χ0) is 13.9. The Morgan fingerprint density at radius 2 is 1.85 bits per heavy atom. The number of esters is 1. The lowest BCUT2D eigenvalue weighted by Gasteiger charge is -2.25. The van der Waals surface area contributed by atoms with Crippen LogP contribution in [0.25, 0.3) is 0 Å². The third-order valence-electron chi connectivity index (χ3n) is 3.67. The van der Waals surface area contributed by atoms with Crippen LogP contribution in [0.4, 0.5) is 0 Å². The average Bonchev–Trinajstić information content (AvgIpc) is 2.48. The van der Waals surface area contributed by atoms with Crippen LogP contribution in [0.1, 0.15) is 40.4 Å². The molecule has 3 rings (SSSR count). The van der Waals surface area contributed by atoms with Gasteiger partial charge in [-0.05, 0) is 54.7 Å². The molecule has 0 saturated carbocycles. The van der Waals surface area contributed by atoms with Crippen molar-refractivity contribution in [2.24, 2.45) is 0 Å². The molecule has 0 amide bonds. The Hall–Kier alpha value is -1.74. The lowest BCUT2D eigenvalue weighted by molar-refractivity contribution is 0.0256. The second-order valence-corrected chi connectivity index (χ2v) is 5.55. The van der Waals surface area contributed by atoms with E-state index in [9.17, 15) is 4.79 Å². The van der Waals surface area contributed by atoms with Gasteiger partial charge in [0, 0.05) is 4.90 Å². The van der Waals surface area contributed by atoms with Gasteiger partial charge >= 0.3 is 5.97 Å². The van der Waals surface area contributed by atoms with E-state index in [1.165, 1.54) is 5.56 Å². The molecule has 0 aromatic heterocycles. The maximum Gasteiger partial charge on any atom is 0.338 e. The lowest BCUT2D eigenvalue weighted by Crippen LogP contribution is -2.16. The van der Waals surface area contributed by atoms with E-state index in [-0.39, 0.29) is 12.1 Å².